The Kier molecular flexibility index (Phi) is 5.99. The number of sulfone groups is 1. The Bertz CT molecular complexity index is 698. The van der Waals surface area contributed by atoms with Crippen LogP contribution >= 0.6 is 0 Å². The molecule has 1 aliphatic heterocycles. The van der Waals surface area contributed by atoms with Crippen LogP contribution in [0.4, 0.5) is 0 Å². The third-order valence-corrected chi connectivity index (χ3v) is 5.32. The van der Waals surface area contributed by atoms with Gasteiger partial charge in [0, 0.05) is 19.2 Å². The second-order valence-corrected chi connectivity index (χ2v) is 8.27. The predicted molar refractivity (Wildman–Crippen MR) is 91.2 cm³/mol. The van der Waals surface area contributed by atoms with Crippen LogP contribution in [-0.2, 0) is 19.4 Å². The lowest BCUT2D eigenvalue weighted by Crippen LogP contribution is -2.41. The zero-order chi connectivity index (χ0) is 17.7. The highest BCUT2D eigenvalue weighted by molar-refractivity contribution is 7.90. The first kappa shape index (κ1) is 18.4. The van der Waals surface area contributed by atoms with E-state index in [-0.39, 0.29) is 29.3 Å². The Hall–Kier alpha value is -1.89. The summed E-state index contributed by atoms with van der Waals surface area (Å²) in [6, 6.07) is 6.20. The molecule has 1 aliphatic rings. The van der Waals surface area contributed by atoms with Crippen molar-refractivity contribution >= 4 is 21.7 Å². The molecule has 2 rings (SSSR count). The van der Waals surface area contributed by atoms with Gasteiger partial charge < -0.3 is 10.2 Å². The normalized spacial score (nSPS) is 17.2. The first-order valence-corrected chi connectivity index (χ1v) is 10.0. The summed E-state index contributed by atoms with van der Waals surface area (Å²) in [7, 11) is -3.23. The summed E-state index contributed by atoms with van der Waals surface area (Å²) >= 11 is 0. The lowest BCUT2D eigenvalue weighted by Gasteiger charge is -2.22. The molecule has 1 N–H and O–H groups in total. The van der Waals surface area contributed by atoms with Crippen LogP contribution in [0.5, 0.6) is 0 Å². The minimum absolute atomic E-state index is 0.0350. The SMILES string of the molecule is CC(NC(=O)CN1CCCCCC1=O)c1ccc(S(C)(=O)=O)cc1. The number of carbonyl (C=O) groups is 2. The highest BCUT2D eigenvalue weighted by atomic mass is 32.2. The zero-order valence-corrected chi connectivity index (χ0v) is 14.9. The van der Waals surface area contributed by atoms with Crippen LogP contribution in [0.3, 0.4) is 0 Å². The zero-order valence-electron chi connectivity index (χ0n) is 14.1. The van der Waals surface area contributed by atoms with Gasteiger partial charge in [-0.05, 0) is 37.5 Å². The highest BCUT2D eigenvalue weighted by Crippen LogP contribution is 2.16. The molecule has 0 radical (unpaired) electrons. The van der Waals surface area contributed by atoms with Gasteiger partial charge in [0.1, 0.15) is 0 Å². The average Bonchev–Trinajstić information content (AvgIpc) is 2.71. The second kappa shape index (κ2) is 7.79. The quantitative estimate of drug-likeness (QED) is 0.874. The van der Waals surface area contributed by atoms with E-state index in [4.69, 9.17) is 0 Å². The Morgan fingerprint density at radius 1 is 1.21 bits per heavy atom. The molecule has 132 valence electrons. The third-order valence-electron chi connectivity index (χ3n) is 4.19. The molecule has 0 saturated carbocycles. The second-order valence-electron chi connectivity index (χ2n) is 6.26. The van der Waals surface area contributed by atoms with Crippen LogP contribution in [0.1, 0.15) is 44.2 Å². The topological polar surface area (TPSA) is 83.6 Å². The molecule has 1 saturated heterocycles. The lowest BCUT2D eigenvalue weighted by atomic mass is 10.1. The summed E-state index contributed by atoms with van der Waals surface area (Å²) in [6.07, 6.45) is 4.51. The van der Waals surface area contributed by atoms with Gasteiger partial charge >= 0.3 is 0 Å². The highest BCUT2D eigenvalue weighted by Gasteiger charge is 2.20. The molecule has 0 bridgehead atoms. The molecule has 1 aromatic rings. The van der Waals surface area contributed by atoms with Crippen molar-refractivity contribution < 1.29 is 18.0 Å². The summed E-state index contributed by atoms with van der Waals surface area (Å²) in [4.78, 5) is 26.0. The summed E-state index contributed by atoms with van der Waals surface area (Å²) in [6.45, 7) is 2.53. The number of hydrogen-bond donors (Lipinski definition) is 1. The van der Waals surface area contributed by atoms with E-state index in [1.807, 2.05) is 6.92 Å². The summed E-state index contributed by atoms with van der Waals surface area (Å²) in [5.74, 6) is -0.169. The Labute approximate surface area is 143 Å². The molecule has 0 spiro atoms. The fourth-order valence-electron chi connectivity index (χ4n) is 2.75. The Morgan fingerprint density at radius 3 is 2.50 bits per heavy atom. The molecule has 0 aliphatic carbocycles. The van der Waals surface area contributed by atoms with Crippen LogP contribution in [0.2, 0.25) is 0 Å². The molecular weight excluding hydrogens is 328 g/mol. The minimum Gasteiger partial charge on any atom is -0.348 e. The first-order chi connectivity index (χ1) is 11.3. The number of rotatable bonds is 5. The lowest BCUT2D eigenvalue weighted by molar-refractivity contribution is -0.135. The van der Waals surface area contributed by atoms with E-state index in [2.05, 4.69) is 5.32 Å². The molecule has 1 fully saturated rings. The van der Waals surface area contributed by atoms with Gasteiger partial charge in [0.25, 0.3) is 0 Å². The summed E-state index contributed by atoms with van der Waals surface area (Å²) in [5, 5.41) is 2.86. The fourth-order valence-corrected chi connectivity index (χ4v) is 3.38. The maximum atomic E-state index is 12.2. The Morgan fingerprint density at radius 2 is 1.88 bits per heavy atom. The molecule has 0 aromatic heterocycles. The van der Waals surface area contributed by atoms with Crippen LogP contribution in [0, 0.1) is 0 Å². The van der Waals surface area contributed by atoms with E-state index in [0.29, 0.717) is 13.0 Å². The third kappa shape index (κ3) is 5.06. The van der Waals surface area contributed by atoms with E-state index in [0.717, 1.165) is 31.1 Å². The monoisotopic (exact) mass is 352 g/mol. The maximum absolute atomic E-state index is 12.2. The van der Waals surface area contributed by atoms with Gasteiger partial charge in [0.05, 0.1) is 17.5 Å². The summed E-state index contributed by atoms with van der Waals surface area (Å²) < 4.78 is 22.9. The van der Waals surface area contributed by atoms with Crippen LogP contribution in [0.25, 0.3) is 0 Å². The molecule has 6 nitrogen and oxygen atoms in total. The van der Waals surface area contributed by atoms with E-state index >= 15 is 0 Å². The van der Waals surface area contributed by atoms with Crippen LogP contribution in [-0.4, -0.2) is 44.5 Å². The van der Waals surface area contributed by atoms with Crippen LogP contribution in [0.15, 0.2) is 29.2 Å². The number of benzene rings is 1. The number of likely N-dealkylation sites (tertiary alicyclic amines) is 1. The summed E-state index contributed by atoms with van der Waals surface area (Å²) in [5.41, 5.74) is 0.818. The molecule has 2 amide bonds. The number of nitrogens with one attached hydrogen (secondary N) is 1. The van der Waals surface area contributed by atoms with Crippen molar-refractivity contribution in [3.8, 4) is 0 Å². The molecular formula is C17H24N2O4S. The number of hydrogen-bond acceptors (Lipinski definition) is 4. The van der Waals surface area contributed by atoms with Gasteiger partial charge in [0.2, 0.25) is 11.8 Å². The smallest absolute Gasteiger partial charge is 0.240 e. The van der Waals surface area contributed by atoms with Crippen molar-refractivity contribution in [2.45, 2.75) is 43.5 Å². The minimum atomic E-state index is -3.23. The average molecular weight is 352 g/mol. The molecule has 1 unspecified atom stereocenters. The number of nitrogens with zero attached hydrogens (tertiary/aromatic N) is 1. The van der Waals surface area contributed by atoms with Crippen LogP contribution < -0.4 is 5.32 Å². The molecule has 7 heteroatoms. The standard InChI is InChI=1S/C17H24N2O4S/c1-13(14-7-9-15(10-8-14)24(2,22)23)18-16(20)12-19-11-5-3-4-6-17(19)21/h7-10,13H,3-6,11-12H2,1-2H3,(H,18,20). The molecule has 1 aromatic carbocycles. The van der Waals surface area contributed by atoms with Crippen molar-refractivity contribution in [2.75, 3.05) is 19.3 Å². The van der Waals surface area contributed by atoms with E-state index in [9.17, 15) is 18.0 Å². The van der Waals surface area contributed by atoms with E-state index in [1.165, 1.54) is 12.1 Å². The fraction of sp³-hybridized carbons (Fsp3) is 0.529. The van der Waals surface area contributed by atoms with Crippen molar-refractivity contribution in [3.05, 3.63) is 29.8 Å². The predicted octanol–water partition coefficient (Wildman–Crippen LogP) is 1.67. The van der Waals surface area contributed by atoms with Crippen molar-refractivity contribution in [1.29, 1.82) is 0 Å². The van der Waals surface area contributed by atoms with Gasteiger partial charge in [-0.2, -0.15) is 0 Å². The van der Waals surface area contributed by atoms with Gasteiger partial charge in [-0.3, -0.25) is 9.59 Å². The van der Waals surface area contributed by atoms with Gasteiger partial charge in [-0.15, -0.1) is 0 Å². The van der Waals surface area contributed by atoms with Gasteiger partial charge in [-0.25, -0.2) is 8.42 Å². The molecule has 1 atom stereocenters. The Balaban J connectivity index is 1.94. The van der Waals surface area contributed by atoms with Gasteiger partial charge in [-0.1, -0.05) is 18.6 Å². The number of amides is 2. The van der Waals surface area contributed by atoms with Crippen molar-refractivity contribution in [1.82, 2.24) is 10.2 Å². The first-order valence-electron chi connectivity index (χ1n) is 8.14. The molecule has 24 heavy (non-hydrogen) atoms. The maximum Gasteiger partial charge on any atom is 0.240 e. The largest absolute Gasteiger partial charge is 0.348 e. The molecule has 1 heterocycles. The number of carbonyl (C=O) groups excluding carboxylic acids is 2. The van der Waals surface area contributed by atoms with Gasteiger partial charge in [0.15, 0.2) is 9.84 Å². The van der Waals surface area contributed by atoms with Crippen molar-refractivity contribution in [2.24, 2.45) is 0 Å². The van der Waals surface area contributed by atoms with E-state index < -0.39 is 9.84 Å². The van der Waals surface area contributed by atoms with Crippen molar-refractivity contribution in [3.63, 3.8) is 0 Å². The van der Waals surface area contributed by atoms with E-state index in [1.54, 1.807) is 17.0 Å².